The third-order valence-electron chi connectivity index (χ3n) is 3.36. The first-order valence-corrected chi connectivity index (χ1v) is 5.61. The van der Waals surface area contributed by atoms with Gasteiger partial charge in [0.15, 0.2) is 11.6 Å². The Labute approximate surface area is 93.5 Å². The average Bonchev–Trinajstić information content (AvgIpc) is 2.85. The molecule has 0 amide bonds. The van der Waals surface area contributed by atoms with E-state index in [2.05, 4.69) is 15.3 Å². The topological polar surface area (TPSA) is 87.3 Å². The zero-order chi connectivity index (χ0) is 11.1. The Morgan fingerprint density at radius 2 is 2.12 bits per heavy atom. The SMILES string of the molecule is Nc1ncnc2c1NC(O)N2C1CCCC1. The van der Waals surface area contributed by atoms with Crippen LogP contribution in [-0.2, 0) is 0 Å². The van der Waals surface area contributed by atoms with Crippen molar-refractivity contribution in [3.63, 3.8) is 0 Å². The van der Waals surface area contributed by atoms with E-state index in [1.807, 2.05) is 4.90 Å². The normalized spacial score (nSPS) is 24.6. The van der Waals surface area contributed by atoms with E-state index in [-0.39, 0.29) is 0 Å². The average molecular weight is 221 g/mol. The van der Waals surface area contributed by atoms with Gasteiger partial charge in [-0.25, -0.2) is 9.97 Å². The van der Waals surface area contributed by atoms with Gasteiger partial charge in [-0.2, -0.15) is 0 Å². The van der Waals surface area contributed by atoms with Crippen molar-refractivity contribution in [2.45, 2.75) is 38.1 Å². The van der Waals surface area contributed by atoms with E-state index < -0.39 is 6.35 Å². The van der Waals surface area contributed by atoms with E-state index in [1.54, 1.807) is 0 Å². The van der Waals surface area contributed by atoms with Crippen LogP contribution in [0.3, 0.4) is 0 Å². The molecule has 0 aromatic carbocycles. The molecule has 0 spiro atoms. The fourth-order valence-corrected chi connectivity index (χ4v) is 2.59. The Hall–Kier alpha value is -1.56. The molecule has 2 heterocycles. The van der Waals surface area contributed by atoms with Crippen LogP contribution in [-0.4, -0.2) is 27.5 Å². The zero-order valence-electron chi connectivity index (χ0n) is 8.93. The van der Waals surface area contributed by atoms with Crippen LogP contribution in [0.1, 0.15) is 25.7 Å². The van der Waals surface area contributed by atoms with Crippen LogP contribution in [0.5, 0.6) is 0 Å². The van der Waals surface area contributed by atoms with Crippen LogP contribution in [0.15, 0.2) is 6.33 Å². The highest BCUT2D eigenvalue weighted by molar-refractivity contribution is 5.80. The first-order valence-electron chi connectivity index (χ1n) is 5.61. The van der Waals surface area contributed by atoms with Gasteiger partial charge in [-0.1, -0.05) is 12.8 Å². The Bertz CT molecular complexity index is 404. The lowest BCUT2D eigenvalue weighted by atomic mass is 10.2. The smallest absolute Gasteiger partial charge is 0.207 e. The fourth-order valence-electron chi connectivity index (χ4n) is 2.59. The lowest BCUT2D eigenvalue weighted by molar-refractivity contribution is 0.191. The summed E-state index contributed by atoms with van der Waals surface area (Å²) in [6.07, 6.45) is 5.34. The lowest BCUT2D eigenvalue weighted by Gasteiger charge is -2.27. The molecule has 1 aliphatic carbocycles. The molecule has 86 valence electrons. The quantitative estimate of drug-likeness (QED) is 0.640. The summed E-state index contributed by atoms with van der Waals surface area (Å²) in [5.41, 5.74) is 6.40. The maximum atomic E-state index is 9.99. The second-order valence-electron chi connectivity index (χ2n) is 4.32. The number of nitrogens with two attached hydrogens (primary N) is 1. The van der Waals surface area contributed by atoms with Gasteiger partial charge >= 0.3 is 0 Å². The van der Waals surface area contributed by atoms with Crippen molar-refractivity contribution in [1.29, 1.82) is 0 Å². The molecule has 1 saturated carbocycles. The molecule has 0 bridgehead atoms. The maximum Gasteiger partial charge on any atom is 0.207 e. The molecule has 6 heteroatoms. The number of aromatic nitrogens is 2. The van der Waals surface area contributed by atoms with Crippen LogP contribution in [0.2, 0.25) is 0 Å². The standard InChI is InChI=1S/C10H15N5O/c11-8-7-9(13-5-12-8)15(10(16)14-7)6-3-1-2-4-6/h5-6,10,14,16H,1-4H2,(H2,11,12,13). The number of nitrogens with one attached hydrogen (secondary N) is 1. The molecular weight excluding hydrogens is 206 g/mol. The molecule has 16 heavy (non-hydrogen) atoms. The van der Waals surface area contributed by atoms with E-state index in [0.717, 1.165) is 18.7 Å². The molecule has 1 fully saturated rings. The molecular formula is C10H15N5O. The molecule has 0 saturated heterocycles. The number of hydrogen-bond donors (Lipinski definition) is 3. The molecule has 1 aliphatic heterocycles. The van der Waals surface area contributed by atoms with Gasteiger partial charge < -0.3 is 21.1 Å². The summed E-state index contributed by atoms with van der Waals surface area (Å²) in [6.45, 7) is 0. The molecule has 4 N–H and O–H groups in total. The Balaban J connectivity index is 1.99. The third kappa shape index (κ3) is 1.30. The van der Waals surface area contributed by atoms with Crippen molar-refractivity contribution in [3.05, 3.63) is 6.33 Å². The first kappa shape index (κ1) is 9.65. The second-order valence-corrected chi connectivity index (χ2v) is 4.32. The predicted molar refractivity (Wildman–Crippen MR) is 60.8 cm³/mol. The van der Waals surface area contributed by atoms with Crippen LogP contribution in [0.4, 0.5) is 17.3 Å². The molecule has 3 rings (SSSR count). The Morgan fingerprint density at radius 3 is 2.88 bits per heavy atom. The number of nitrogens with zero attached hydrogens (tertiary/aromatic N) is 3. The summed E-state index contributed by atoms with van der Waals surface area (Å²) in [5, 5.41) is 12.9. The summed E-state index contributed by atoms with van der Waals surface area (Å²) in [6, 6.07) is 0.359. The van der Waals surface area contributed by atoms with E-state index in [1.165, 1.54) is 19.2 Å². The van der Waals surface area contributed by atoms with Crippen molar-refractivity contribution in [3.8, 4) is 0 Å². The van der Waals surface area contributed by atoms with Gasteiger partial charge in [0.25, 0.3) is 0 Å². The minimum atomic E-state index is -0.725. The molecule has 0 radical (unpaired) electrons. The summed E-state index contributed by atoms with van der Waals surface area (Å²) in [4.78, 5) is 10.0. The number of aliphatic hydroxyl groups is 1. The highest BCUT2D eigenvalue weighted by Gasteiger charge is 2.36. The summed E-state index contributed by atoms with van der Waals surface area (Å²) >= 11 is 0. The van der Waals surface area contributed by atoms with Gasteiger partial charge in [0.05, 0.1) is 0 Å². The minimum absolute atomic E-state index is 0.359. The van der Waals surface area contributed by atoms with Crippen molar-refractivity contribution in [2.75, 3.05) is 16.0 Å². The van der Waals surface area contributed by atoms with Gasteiger partial charge in [-0.15, -0.1) is 0 Å². The second kappa shape index (κ2) is 3.48. The van der Waals surface area contributed by atoms with Crippen molar-refractivity contribution >= 4 is 17.3 Å². The molecule has 1 atom stereocenters. The molecule has 1 aromatic rings. The van der Waals surface area contributed by atoms with E-state index in [4.69, 9.17) is 5.73 Å². The predicted octanol–water partition coefficient (Wildman–Crippen LogP) is 0.509. The first-order chi connectivity index (χ1) is 7.77. The van der Waals surface area contributed by atoms with Gasteiger partial charge in [-0.3, -0.25) is 0 Å². The Kier molecular flexibility index (Phi) is 2.10. The van der Waals surface area contributed by atoms with Crippen molar-refractivity contribution in [2.24, 2.45) is 0 Å². The number of anilines is 3. The van der Waals surface area contributed by atoms with E-state index in [0.29, 0.717) is 17.5 Å². The number of aliphatic hydroxyl groups excluding tert-OH is 1. The van der Waals surface area contributed by atoms with Gasteiger partial charge in [-0.05, 0) is 12.8 Å². The summed E-state index contributed by atoms with van der Waals surface area (Å²) < 4.78 is 0. The van der Waals surface area contributed by atoms with Crippen LogP contribution in [0, 0.1) is 0 Å². The molecule has 1 aromatic heterocycles. The van der Waals surface area contributed by atoms with Crippen LogP contribution in [0.25, 0.3) is 0 Å². The van der Waals surface area contributed by atoms with Crippen molar-refractivity contribution < 1.29 is 5.11 Å². The maximum absolute atomic E-state index is 9.99. The molecule has 1 unspecified atom stereocenters. The van der Waals surface area contributed by atoms with E-state index >= 15 is 0 Å². The van der Waals surface area contributed by atoms with Crippen LogP contribution < -0.4 is 16.0 Å². The van der Waals surface area contributed by atoms with Crippen molar-refractivity contribution in [1.82, 2.24) is 9.97 Å². The number of hydrogen-bond acceptors (Lipinski definition) is 6. The Morgan fingerprint density at radius 1 is 1.38 bits per heavy atom. The minimum Gasteiger partial charge on any atom is -0.382 e. The number of rotatable bonds is 1. The number of fused-ring (bicyclic) bond motifs is 1. The lowest BCUT2D eigenvalue weighted by Crippen LogP contribution is -2.42. The summed E-state index contributed by atoms with van der Waals surface area (Å²) in [5.74, 6) is 1.12. The van der Waals surface area contributed by atoms with Crippen LogP contribution >= 0.6 is 0 Å². The number of nitrogen functional groups attached to an aromatic ring is 1. The third-order valence-corrected chi connectivity index (χ3v) is 3.36. The largest absolute Gasteiger partial charge is 0.382 e. The monoisotopic (exact) mass is 221 g/mol. The highest BCUT2D eigenvalue weighted by atomic mass is 16.3. The van der Waals surface area contributed by atoms with Gasteiger partial charge in [0.1, 0.15) is 12.0 Å². The zero-order valence-corrected chi connectivity index (χ0v) is 8.93. The highest BCUT2D eigenvalue weighted by Crippen LogP contribution is 2.39. The molecule has 6 nitrogen and oxygen atoms in total. The van der Waals surface area contributed by atoms with E-state index in [9.17, 15) is 5.11 Å². The van der Waals surface area contributed by atoms with Gasteiger partial charge in [0.2, 0.25) is 6.35 Å². The molecule has 2 aliphatic rings. The summed E-state index contributed by atoms with van der Waals surface area (Å²) in [7, 11) is 0. The fraction of sp³-hybridized carbons (Fsp3) is 0.600. The van der Waals surface area contributed by atoms with Gasteiger partial charge in [0, 0.05) is 6.04 Å².